The van der Waals surface area contributed by atoms with Gasteiger partial charge in [0.05, 0.1) is 5.69 Å². The van der Waals surface area contributed by atoms with E-state index >= 15 is 0 Å². The first-order chi connectivity index (χ1) is 26.2. The van der Waals surface area contributed by atoms with Crippen LogP contribution < -0.4 is 25.5 Å². The van der Waals surface area contributed by atoms with Gasteiger partial charge >= 0.3 is 0 Å². The SMILES string of the molecule is CC1(C)CCC(C)(C)c2cc(N3c4cccc5c4B(c4ccccc4N5c4ccccc4)c4sc5ccc(C6C7CC8CC(C7)CC6C8)cc5c43)ccc21. The van der Waals surface area contributed by atoms with Crippen LogP contribution in [0.1, 0.15) is 95.2 Å². The van der Waals surface area contributed by atoms with E-state index in [9.17, 15) is 0 Å². The van der Waals surface area contributed by atoms with E-state index in [0.29, 0.717) is 0 Å². The molecule has 54 heavy (non-hydrogen) atoms. The van der Waals surface area contributed by atoms with Crippen molar-refractivity contribution in [2.75, 3.05) is 9.80 Å². The van der Waals surface area contributed by atoms with Crippen LogP contribution >= 0.6 is 11.3 Å². The number of hydrogen-bond acceptors (Lipinski definition) is 3. The van der Waals surface area contributed by atoms with Crippen molar-refractivity contribution >= 4 is 78.0 Å². The number of nitrogens with zero attached hydrogens (tertiary/aromatic N) is 2. The van der Waals surface area contributed by atoms with Crippen molar-refractivity contribution in [2.24, 2.45) is 23.7 Å². The maximum absolute atomic E-state index is 2.71. The van der Waals surface area contributed by atoms with Crippen molar-refractivity contribution < 1.29 is 0 Å². The Bertz CT molecular complexity index is 2480. The highest BCUT2D eigenvalue weighted by atomic mass is 32.1. The summed E-state index contributed by atoms with van der Waals surface area (Å²) in [4.78, 5) is 5.23. The number of thiophene rings is 1. The molecule has 6 aromatic rings. The quantitative estimate of drug-likeness (QED) is 0.168. The zero-order chi connectivity index (χ0) is 36.1. The van der Waals surface area contributed by atoms with Gasteiger partial charge in [-0.1, -0.05) is 82.3 Å². The topological polar surface area (TPSA) is 6.48 Å². The van der Waals surface area contributed by atoms with Gasteiger partial charge in [0.2, 0.25) is 0 Å². The molecular weight excluding hydrogens is 671 g/mol. The van der Waals surface area contributed by atoms with Crippen molar-refractivity contribution in [1.29, 1.82) is 0 Å². The molecule has 0 unspecified atom stereocenters. The summed E-state index contributed by atoms with van der Waals surface area (Å²) in [5.74, 6) is 4.43. The molecule has 268 valence electrons. The molecule has 2 nitrogen and oxygen atoms in total. The van der Waals surface area contributed by atoms with Crippen LogP contribution in [0.3, 0.4) is 0 Å². The number of para-hydroxylation sites is 2. The van der Waals surface area contributed by atoms with Crippen LogP contribution in [0.2, 0.25) is 0 Å². The monoisotopic (exact) mass is 720 g/mol. The van der Waals surface area contributed by atoms with Gasteiger partial charge in [0, 0.05) is 43.3 Å². The van der Waals surface area contributed by atoms with E-state index in [0.717, 1.165) is 29.6 Å². The normalized spacial score (nSPS) is 26.4. The Morgan fingerprint density at radius 1 is 0.593 bits per heavy atom. The lowest BCUT2D eigenvalue weighted by atomic mass is 9.36. The van der Waals surface area contributed by atoms with Gasteiger partial charge in [-0.15, -0.1) is 11.3 Å². The molecule has 0 N–H and O–H groups in total. The average molecular weight is 721 g/mol. The number of rotatable bonds is 3. The van der Waals surface area contributed by atoms with Crippen molar-refractivity contribution in [3.63, 3.8) is 0 Å². The number of hydrogen-bond donors (Lipinski definition) is 0. The Kier molecular flexibility index (Phi) is 6.62. The molecule has 4 bridgehead atoms. The fourth-order valence-corrected chi connectivity index (χ4v) is 14.2. The second kappa shape index (κ2) is 11.2. The molecule has 0 atom stereocenters. The fourth-order valence-electron chi connectivity index (χ4n) is 12.9. The Balaban J connectivity index is 1.12. The van der Waals surface area contributed by atoms with Gasteiger partial charge in [0.1, 0.15) is 0 Å². The Hall–Kier alpha value is -4.28. The van der Waals surface area contributed by atoms with Crippen molar-refractivity contribution in [3.8, 4) is 0 Å². The molecule has 2 aliphatic heterocycles. The van der Waals surface area contributed by atoms with Gasteiger partial charge in [-0.25, -0.2) is 0 Å². The predicted molar refractivity (Wildman–Crippen MR) is 231 cm³/mol. The van der Waals surface area contributed by atoms with E-state index in [1.54, 1.807) is 5.56 Å². The maximum Gasteiger partial charge on any atom is 0.264 e. The van der Waals surface area contributed by atoms with Gasteiger partial charge in [-0.2, -0.15) is 0 Å². The van der Waals surface area contributed by atoms with E-state index in [2.05, 4.69) is 147 Å². The smallest absolute Gasteiger partial charge is 0.264 e. The third-order valence-corrected chi connectivity index (χ3v) is 16.5. The first-order valence-electron chi connectivity index (χ1n) is 20.8. The molecule has 4 saturated carbocycles. The number of anilines is 6. The second-order valence-electron chi connectivity index (χ2n) is 19.2. The lowest BCUT2D eigenvalue weighted by molar-refractivity contribution is -0.00273. The van der Waals surface area contributed by atoms with Gasteiger partial charge in [0.25, 0.3) is 6.71 Å². The minimum Gasteiger partial charge on any atom is -0.311 e. The molecule has 3 heterocycles. The van der Waals surface area contributed by atoms with E-state index in [1.807, 2.05) is 11.3 Å². The van der Waals surface area contributed by atoms with Gasteiger partial charge < -0.3 is 9.80 Å². The van der Waals surface area contributed by atoms with E-state index in [1.165, 1.54) is 116 Å². The highest BCUT2D eigenvalue weighted by Gasteiger charge is 2.50. The Morgan fingerprint density at radius 2 is 1.26 bits per heavy atom. The predicted octanol–water partition coefficient (Wildman–Crippen LogP) is 11.9. The number of fused-ring (bicyclic) bond motifs is 7. The standard InChI is InChI=1S/C50H49BN2S/c1-49(2)21-22-50(3,4)39-29-36(18-19-38(39)49)53-43-16-10-15-42-46(43)51(40-13-8-9-14-41(40)52(42)35-11-6-5-7-12-35)48-47(53)37-28-32(17-20-44(37)54-48)45-33-24-30-23-31(26-33)27-34(45)25-30/h5-20,28-31,33-34,45H,21-27H2,1-4H3. The average Bonchev–Trinajstić information content (AvgIpc) is 3.55. The molecule has 0 spiro atoms. The molecule has 13 rings (SSSR count). The Labute approximate surface area is 325 Å². The van der Waals surface area contributed by atoms with Gasteiger partial charge in [-0.3, -0.25) is 0 Å². The van der Waals surface area contributed by atoms with Crippen LogP contribution in [-0.2, 0) is 10.8 Å². The third kappa shape index (κ3) is 4.41. The van der Waals surface area contributed by atoms with Gasteiger partial charge in [-0.05, 0) is 168 Å². The van der Waals surface area contributed by atoms with Gasteiger partial charge in [0.15, 0.2) is 0 Å². The molecule has 5 aliphatic carbocycles. The lowest BCUT2D eigenvalue weighted by Gasteiger charge is -2.54. The molecule has 4 fully saturated rings. The van der Waals surface area contributed by atoms with Crippen LogP contribution in [0, 0.1) is 23.7 Å². The van der Waals surface area contributed by atoms with Crippen LogP contribution in [0.25, 0.3) is 10.1 Å². The van der Waals surface area contributed by atoms with E-state index in [-0.39, 0.29) is 17.5 Å². The van der Waals surface area contributed by atoms with Crippen molar-refractivity contribution in [3.05, 3.63) is 126 Å². The van der Waals surface area contributed by atoms with E-state index < -0.39 is 0 Å². The summed E-state index contributed by atoms with van der Waals surface area (Å²) >= 11 is 2.05. The first-order valence-corrected chi connectivity index (χ1v) is 21.6. The van der Waals surface area contributed by atoms with Crippen molar-refractivity contribution in [2.45, 2.75) is 89.4 Å². The molecule has 1 aromatic heterocycles. The molecule has 0 amide bonds. The largest absolute Gasteiger partial charge is 0.311 e. The zero-order valence-electron chi connectivity index (χ0n) is 32.1. The molecule has 5 aromatic carbocycles. The summed E-state index contributed by atoms with van der Waals surface area (Å²) < 4.78 is 2.92. The third-order valence-electron chi connectivity index (χ3n) is 15.2. The Morgan fingerprint density at radius 3 is 2.02 bits per heavy atom. The molecule has 7 aliphatic rings. The summed E-state index contributed by atoms with van der Waals surface area (Å²) in [6.45, 7) is 10.0. The van der Waals surface area contributed by atoms with Crippen LogP contribution in [0.15, 0.2) is 109 Å². The summed E-state index contributed by atoms with van der Waals surface area (Å²) in [7, 11) is 0. The molecule has 4 heteroatoms. The lowest BCUT2D eigenvalue weighted by Crippen LogP contribution is -2.60. The van der Waals surface area contributed by atoms with Crippen LogP contribution in [-0.4, -0.2) is 6.71 Å². The summed E-state index contributed by atoms with van der Waals surface area (Å²) in [6.07, 6.45) is 9.77. The zero-order valence-corrected chi connectivity index (χ0v) is 32.9. The van der Waals surface area contributed by atoms with E-state index in [4.69, 9.17) is 0 Å². The highest BCUT2D eigenvalue weighted by Crippen LogP contribution is 2.60. The maximum atomic E-state index is 2.71. The molecular formula is C50H49BN2S. The first kappa shape index (κ1) is 32.0. The highest BCUT2D eigenvalue weighted by molar-refractivity contribution is 7.33. The van der Waals surface area contributed by atoms with Crippen molar-refractivity contribution in [1.82, 2.24) is 0 Å². The van der Waals surface area contributed by atoms with Crippen LogP contribution in [0.4, 0.5) is 34.1 Å². The fraction of sp³-hybridized carbons (Fsp3) is 0.360. The minimum absolute atomic E-state index is 0.129. The number of benzene rings is 5. The minimum atomic E-state index is 0.129. The summed E-state index contributed by atoms with van der Waals surface area (Å²) in [6, 6.07) is 42.6. The van der Waals surface area contributed by atoms with Crippen LogP contribution in [0.5, 0.6) is 0 Å². The molecule has 0 radical (unpaired) electrons. The second-order valence-corrected chi connectivity index (χ2v) is 20.3. The summed E-state index contributed by atoms with van der Waals surface area (Å²) in [5.41, 5.74) is 15.7. The molecule has 0 saturated heterocycles. The summed E-state index contributed by atoms with van der Waals surface area (Å²) in [5, 5.41) is 1.46.